The normalized spacial score (nSPS) is 15.5. The molecule has 0 aliphatic carbocycles. The lowest BCUT2D eigenvalue weighted by molar-refractivity contribution is 0.335. The smallest absolute Gasteiger partial charge is 0.0297 e. The van der Waals surface area contributed by atoms with E-state index in [-0.39, 0.29) is 0 Å². The number of hydrogen-bond acceptors (Lipinski definition) is 0. The molecular weight excluding hydrogens is 252 g/mol. The maximum absolute atomic E-state index is 2.48. The molecule has 0 aromatic carbocycles. The molecule has 0 spiro atoms. The van der Waals surface area contributed by atoms with Gasteiger partial charge in [0, 0.05) is 0 Å². The van der Waals surface area contributed by atoms with Gasteiger partial charge in [-0.2, -0.15) is 0 Å². The molecule has 0 nitrogen and oxygen atoms in total. The summed E-state index contributed by atoms with van der Waals surface area (Å²) < 4.78 is 0. The Labute approximate surface area is 135 Å². The minimum atomic E-state index is 0.855. The van der Waals surface area contributed by atoms with Crippen molar-refractivity contribution >= 4 is 0 Å². The zero-order valence-electron chi connectivity index (χ0n) is 15.9. The van der Waals surface area contributed by atoms with Crippen molar-refractivity contribution in [1.29, 1.82) is 0 Å². The Bertz CT molecular complexity index is 249. The van der Waals surface area contributed by atoms with E-state index in [2.05, 4.69) is 47.6 Å². The molecule has 0 saturated heterocycles. The first-order valence-electron chi connectivity index (χ1n) is 9.66. The molecule has 0 bridgehead atoms. The molecule has 0 aliphatic rings. The third-order valence-electron chi connectivity index (χ3n) is 5.11. The fourth-order valence-corrected chi connectivity index (χ4v) is 3.22. The zero-order valence-corrected chi connectivity index (χ0v) is 15.9. The molecule has 0 radical (unpaired) electrons. The molecule has 0 saturated carbocycles. The fourth-order valence-electron chi connectivity index (χ4n) is 3.22. The van der Waals surface area contributed by atoms with Gasteiger partial charge in [-0.05, 0) is 43.9 Å². The van der Waals surface area contributed by atoms with E-state index in [1.165, 1.54) is 64.2 Å². The van der Waals surface area contributed by atoms with Gasteiger partial charge in [-0.1, -0.05) is 91.2 Å². The van der Waals surface area contributed by atoms with Crippen LogP contribution in [0.4, 0.5) is 0 Å². The van der Waals surface area contributed by atoms with Crippen molar-refractivity contribution in [3.8, 4) is 0 Å². The van der Waals surface area contributed by atoms with E-state index in [4.69, 9.17) is 0 Å². The minimum absolute atomic E-state index is 0.855. The topological polar surface area (TPSA) is 0 Å². The second-order valence-electron chi connectivity index (χ2n) is 7.53. The van der Waals surface area contributed by atoms with E-state index in [1.54, 1.807) is 5.57 Å². The van der Waals surface area contributed by atoms with Gasteiger partial charge in [0.15, 0.2) is 0 Å². The van der Waals surface area contributed by atoms with Crippen molar-refractivity contribution in [3.05, 3.63) is 11.6 Å². The average Bonchev–Trinajstić information content (AvgIpc) is 2.45. The lowest BCUT2D eigenvalue weighted by atomic mass is 9.88. The Morgan fingerprint density at radius 2 is 1.48 bits per heavy atom. The maximum atomic E-state index is 2.48. The first kappa shape index (κ1) is 20.7. The molecule has 0 amide bonds. The summed E-state index contributed by atoms with van der Waals surface area (Å²) in [4.78, 5) is 0. The van der Waals surface area contributed by atoms with Crippen molar-refractivity contribution in [1.82, 2.24) is 0 Å². The highest BCUT2D eigenvalue weighted by atomic mass is 14.2. The Morgan fingerprint density at radius 3 is 2.05 bits per heavy atom. The number of allylic oxidation sites excluding steroid dienone is 2. The molecule has 2 unspecified atom stereocenters. The first-order chi connectivity index (χ1) is 10.0. The summed E-state index contributed by atoms with van der Waals surface area (Å²) in [6.45, 7) is 14.1. The molecule has 0 heteroatoms. The first-order valence-corrected chi connectivity index (χ1v) is 9.66. The van der Waals surface area contributed by atoms with E-state index < -0.39 is 0 Å². The monoisotopic (exact) mass is 294 g/mol. The largest absolute Gasteiger partial charge is 0.0856 e. The van der Waals surface area contributed by atoms with Crippen molar-refractivity contribution < 1.29 is 0 Å². The molecule has 0 rings (SSSR count). The van der Waals surface area contributed by atoms with E-state index in [1.807, 2.05) is 0 Å². The van der Waals surface area contributed by atoms with E-state index in [9.17, 15) is 0 Å². The summed E-state index contributed by atoms with van der Waals surface area (Å²) in [5.41, 5.74) is 1.60. The Hall–Kier alpha value is -0.260. The highest BCUT2D eigenvalue weighted by Gasteiger charge is 2.09. The quantitative estimate of drug-likeness (QED) is 0.240. The molecule has 0 aliphatic heterocycles. The average molecular weight is 295 g/mol. The van der Waals surface area contributed by atoms with E-state index in [0.29, 0.717) is 0 Å². The van der Waals surface area contributed by atoms with Crippen LogP contribution < -0.4 is 0 Å². The van der Waals surface area contributed by atoms with Gasteiger partial charge in [0.1, 0.15) is 0 Å². The third-order valence-corrected chi connectivity index (χ3v) is 5.11. The summed E-state index contributed by atoms with van der Waals surface area (Å²) in [5, 5.41) is 0. The van der Waals surface area contributed by atoms with Crippen LogP contribution in [0.5, 0.6) is 0 Å². The Morgan fingerprint density at radius 1 is 0.857 bits per heavy atom. The molecule has 2 atom stereocenters. The fraction of sp³-hybridized carbons (Fsp3) is 0.905. The van der Waals surface area contributed by atoms with Crippen molar-refractivity contribution in [2.45, 2.75) is 106 Å². The predicted molar refractivity (Wildman–Crippen MR) is 98.8 cm³/mol. The van der Waals surface area contributed by atoms with Crippen LogP contribution in [0.2, 0.25) is 0 Å². The van der Waals surface area contributed by atoms with Crippen LogP contribution in [0, 0.1) is 17.8 Å². The third kappa shape index (κ3) is 12.0. The summed E-state index contributed by atoms with van der Waals surface area (Å²) in [6.07, 6.45) is 16.3. The Balaban J connectivity index is 3.50. The van der Waals surface area contributed by atoms with Gasteiger partial charge < -0.3 is 0 Å². The van der Waals surface area contributed by atoms with Crippen LogP contribution in [0.3, 0.4) is 0 Å². The van der Waals surface area contributed by atoms with E-state index in [0.717, 1.165) is 17.8 Å². The molecular formula is C21H42. The molecule has 0 aromatic heterocycles. The van der Waals surface area contributed by atoms with Crippen LogP contribution in [0.1, 0.15) is 106 Å². The van der Waals surface area contributed by atoms with Gasteiger partial charge in [-0.3, -0.25) is 0 Å². The lowest BCUT2D eigenvalue weighted by Gasteiger charge is -2.18. The second kappa shape index (κ2) is 13.4. The lowest BCUT2D eigenvalue weighted by Crippen LogP contribution is -2.06. The number of rotatable bonds is 13. The minimum Gasteiger partial charge on any atom is -0.0856 e. The molecule has 21 heavy (non-hydrogen) atoms. The standard InChI is InChI=1S/C21H42/c1-7-19(5)17-20(6)15-13-11-9-10-12-14-16-21(8-2)18(3)4/h15,18-19,21H,7-14,16-17H2,1-6H3. The maximum Gasteiger partial charge on any atom is -0.0297 e. The highest BCUT2D eigenvalue weighted by Crippen LogP contribution is 2.22. The molecule has 126 valence electrons. The Kier molecular flexibility index (Phi) is 13.2. The molecule has 0 heterocycles. The summed E-state index contributed by atoms with van der Waals surface area (Å²) in [6, 6.07) is 0. The SMILES string of the molecule is CCC(C)CC(C)=CCCCCCCCC(CC)C(C)C. The highest BCUT2D eigenvalue weighted by molar-refractivity contribution is 4.98. The van der Waals surface area contributed by atoms with Gasteiger partial charge in [0.2, 0.25) is 0 Å². The molecule has 0 aromatic rings. The number of hydrogen-bond donors (Lipinski definition) is 0. The van der Waals surface area contributed by atoms with Gasteiger partial charge in [0.05, 0.1) is 0 Å². The van der Waals surface area contributed by atoms with Crippen LogP contribution in [0.25, 0.3) is 0 Å². The molecule has 0 N–H and O–H groups in total. The molecule has 0 fully saturated rings. The van der Waals surface area contributed by atoms with E-state index >= 15 is 0 Å². The van der Waals surface area contributed by atoms with Crippen molar-refractivity contribution in [2.75, 3.05) is 0 Å². The summed E-state index contributed by atoms with van der Waals surface area (Å²) in [7, 11) is 0. The number of unbranched alkanes of at least 4 members (excludes halogenated alkanes) is 5. The van der Waals surface area contributed by atoms with Gasteiger partial charge in [0.25, 0.3) is 0 Å². The zero-order chi connectivity index (χ0) is 16.1. The van der Waals surface area contributed by atoms with Crippen molar-refractivity contribution in [3.63, 3.8) is 0 Å². The van der Waals surface area contributed by atoms with Crippen LogP contribution in [-0.2, 0) is 0 Å². The van der Waals surface area contributed by atoms with Gasteiger partial charge in [-0.15, -0.1) is 0 Å². The van der Waals surface area contributed by atoms with Crippen molar-refractivity contribution in [2.24, 2.45) is 17.8 Å². The van der Waals surface area contributed by atoms with Gasteiger partial charge >= 0.3 is 0 Å². The van der Waals surface area contributed by atoms with Crippen LogP contribution in [-0.4, -0.2) is 0 Å². The van der Waals surface area contributed by atoms with Crippen LogP contribution in [0.15, 0.2) is 11.6 Å². The van der Waals surface area contributed by atoms with Crippen LogP contribution >= 0.6 is 0 Å². The van der Waals surface area contributed by atoms with Gasteiger partial charge in [-0.25, -0.2) is 0 Å². The summed E-state index contributed by atoms with van der Waals surface area (Å²) in [5.74, 6) is 2.68. The second-order valence-corrected chi connectivity index (χ2v) is 7.53. The predicted octanol–water partition coefficient (Wildman–Crippen LogP) is 7.78. The summed E-state index contributed by atoms with van der Waals surface area (Å²) >= 11 is 0.